The van der Waals surface area contributed by atoms with Gasteiger partial charge in [0.2, 0.25) is 0 Å². The Morgan fingerprint density at radius 1 is 1.60 bits per heavy atom. The standard InChI is InChI=1S/C8H11ClO/c1-4-6(2)5-8(10)7(3)9/h4-5,10H,3H2,1-2H3/b6-4-,8-5+. The maximum Gasteiger partial charge on any atom is 0.133 e. The molecule has 0 aromatic rings. The molecule has 1 N–H and O–H groups in total. The molecule has 0 radical (unpaired) electrons. The van der Waals surface area contributed by atoms with Gasteiger partial charge in [0, 0.05) is 0 Å². The van der Waals surface area contributed by atoms with Crippen LogP contribution in [0.5, 0.6) is 0 Å². The summed E-state index contributed by atoms with van der Waals surface area (Å²) in [6.45, 7) is 7.12. The van der Waals surface area contributed by atoms with Gasteiger partial charge in [-0.2, -0.15) is 0 Å². The van der Waals surface area contributed by atoms with E-state index in [-0.39, 0.29) is 10.8 Å². The average Bonchev–Trinajstić information content (AvgIpc) is 1.87. The van der Waals surface area contributed by atoms with Crippen LogP contribution in [0.4, 0.5) is 0 Å². The zero-order valence-electron chi connectivity index (χ0n) is 6.19. The van der Waals surface area contributed by atoms with E-state index in [0.717, 1.165) is 5.57 Å². The number of hydrogen-bond donors (Lipinski definition) is 1. The highest BCUT2D eigenvalue weighted by molar-refractivity contribution is 6.31. The Balaban J connectivity index is 4.31. The molecule has 0 unspecified atom stereocenters. The number of halogens is 1. The Morgan fingerprint density at radius 2 is 2.10 bits per heavy atom. The minimum absolute atomic E-state index is 0.0252. The molecule has 0 saturated carbocycles. The van der Waals surface area contributed by atoms with Gasteiger partial charge >= 0.3 is 0 Å². The van der Waals surface area contributed by atoms with Gasteiger partial charge in [-0.1, -0.05) is 29.8 Å². The molecule has 0 bridgehead atoms. The van der Waals surface area contributed by atoms with Crippen molar-refractivity contribution in [3.8, 4) is 0 Å². The lowest BCUT2D eigenvalue weighted by Gasteiger charge is -1.94. The molecule has 0 atom stereocenters. The first-order valence-corrected chi connectivity index (χ1v) is 3.34. The molecule has 0 fully saturated rings. The van der Waals surface area contributed by atoms with Gasteiger partial charge in [0.05, 0.1) is 5.03 Å². The van der Waals surface area contributed by atoms with Gasteiger partial charge in [-0.15, -0.1) is 0 Å². The Bertz CT molecular complexity index is 189. The lowest BCUT2D eigenvalue weighted by Crippen LogP contribution is -1.79. The van der Waals surface area contributed by atoms with E-state index >= 15 is 0 Å². The Morgan fingerprint density at radius 3 is 2.40 bits per heavy atom. The quantitative estimate of drug-likeness (QED) is 0.484. The third-order valence-corrected chi connectivity index (χ3v) is 1.29. The lowest BCUT2D eigenvalue weighted by atomic mass is 10.2. The molecule has 10 heavy (non-hydrogen) atoms. The summed E-state index contributed by atoms with van der Waals surface area (Å²) in [5.74, 6) is 0.0252. The molecule has 0 rings (SSSR count). The van der Waals surface area contributed by atoms with Crippen molar-refractivity contribution in [3.05, 3.63) is 35.1 Å². The van der Waals surface area contributed by atoms with E-state index in [0.29, 0.717) is 0 Å². The molecule has 0 aliphatic carbocycles. The third kappa shape index (κ3) is 3.36. The van der Waals surface area contributed by atoms with Crippen molar-refractivity contribution in [1.29, 1.82) is 0 Å². The first-order valence-electron chi connectivity index (χ1n) is 2.96. The SMILES string of the molecule is C=C(Cl)/C(O)=C\C(C)=C/C. The fourth-order valence-corrected chi connectivity index (χ4v) is 0.432. The molecule has 56 valence electrons. The van der Waals surface area contributed by atoms with E-state index in [1.165, 1.54) is 0 Å². The van der Waals surface area contributed by atoms with Crippen LogP contribution >= 0.6 is 11.6 Å². The van der Waals surface area contributed by atoms with Crippen LogP contribution in [0, 0.1) is 0 Å². The van der Waals surface area contributed by atoms with E-state index in [1.54, 1.807) is 6.08 Å². The molecule has 0 heterocycles. The van der Waals surface area contributed by atoms with Crippen LogP contribution in [0.25, 0.3) is 0 Å². The number of rotatable bonds is 2. The lowest BCUT2D eigenvalue weighted by molar-refractivity contribution is 0.429. The van der Waals surface area contributed by atoms with E-state index < -0.39 is 0 Å². The average molecular weight is 159 g/mol. The topological polar surface area (TPSA) is 20.2 Å². The molecule has 0 aromatic heterocycles. The van der Waals surface area contributed by atoms with Crippen LogP contribution in [-0.4, -0.2) is 5.11 Å². The second kappa shape index (κ2) is 4.18. The number of allylic oxidation sites excluding steroid dienone is 4. The molecule has 0 aliphatic heterocycles. The smallest absolute Gasteiger partial charge is 0.133 e. The van der Waals surface area contributed by atoms with Crippen LogP contribution in [0.1, 0.15) is 13.8 Å². The fourth-order valence-electron chi connectivity index (χ4n) is 0.377. The van der Waals surface area contributed by atoms with E-state index in [2.05, 4.69) is 6.58 Å². The number of aliphatic hydroxyl groups is 1. The van der Waals surface area contributed by atoms with Gasteiger partial charge in [0.25, 0.3) is 0 Å². The first kappa shape index (κ1) is 9.31. The molecule has 0 aliphatic rings. The summed E-state index contributed by atoms with van der Waals surface area (Å²) in [5.41, 5.74) is 0.958. The van der Waals surface area contributed by atoms with Gasteiger partial charge in [-0.25, -0.2) is 0 Å². The summed E-state index contributed by atoms with van der Waals surface area (Å²) in [5, 5.41) is 9.18. The normalized spacial score (nSPS) is 13.5. The van der Waals surface area contributed by atoms with Crippen LogP contribution < -0.4 is 0 Å². The van der Waals surface area contributed by atoms with E-state index in [4.69, 9.17) is 16.7 Å². The summed E-state index contributed by atoms with van der Waals surface area (Å²) in [4.78, 5) is 0. The molecule has 0 aromatic carbocycles. The van der Waals surface area contributed by atoms with Crippen LogP contribution in [0.3, 0.4) is 0 Å². The highest BCUT2D eigenvalue weighted by Crippen LogP contribution is 2.10. The molecular weight excluding hydrogens is 148 g/mol. The van der Waals surface area contributed by atoms with Crippen molar-refractivity contribution in [2.75, 3.05) is 0 Å². The Kier molecular flexibility index (Phi) is 3.89. The van der Waals surface area contributed by atoms with Gasteiger partial charge in [0.15, 0.2) is 0 Å². The zero-order chi connectivity index (χ0) is 8.15. The molecule has 1 nitrogen and oxygen atoms in total. The second-order valence-corrected chi connectivity index (χ2v) is 2.42. The van der Waals surface area contributed by atoms with Gasteiger partial charge in [-0.3, -0.25) is 0 Å². The van der Waals surface area contributed by atoms with Gasteiger partial charge in [-0.05, 0) is 19.9 Å². The monoisotopic (exact) mass is 158 g/mol. The zero-order valence-corrected chi connectivity index (χ0v) is 6.94. The molecule has 2 heteroatoms. The van der Waals surface area contributed by atoms with Crippen molar-refractivity contribution < 1.29 is 5.11 Å². The highest BCUT2D eigenvalue weighted by atomic mass is 35.5. The van der Waals surface area contributed by atoms with Crippen LogP contribution in [0.15, 0.2) is 35.1 Å². The van der Waals surface area contributed by atoms with Crippen molar-refractivity contribution in [2.45, 2.75) is 13.8 Å². The maximum absolute atomic E-state index is 9.02. The van der Waals surface area contributed by atoms with Crippen molar-refractivity contribution in [1.82, 2.24) is 0 Å². The van der Waals surface area contributed by atoms with Crippen molar-refractivity contribution >= 4 is 11.6 Å². The number of aliphatic hydroxyl groups excluding tert-OH is 1. The van der Waals surface area contributed by atoms with Crippen molar-refractivity contribution in [2.24, 2.45) is 0 Å². The summed E-state index contributed by atoms with van der Waals surface area (Å²) < 4.78 is 0. The minimum Gasteiger partial charge on any atom is -0.506 e. The molecule has 0 spiro atoms. The molecule has 0 amide bonds. The highest BCUT2D eigenvalue weighted by Gasteiger charge is 1.93. The summed E-state index contributed by atoms with van der Waals surface area (Å²) >= 11 is 5.39. The maximum atomic E-state index is 9.02. The van der Waals surface area contributed by atoms with Crippen molar-refractivity contribution in [3.63, 3.8) is 0 Å². The summed E-state index contributed by atoms with van der Waals surface area (Å²) in [6.07, 6.45) is 3.44. The van der Waals surface area contributed by atoms with Crippen LogP contribution in [0.2, 0.25) is 0 Å². The predicted molar refractivity (Wildman–Crippen MR) is 45.1 cm³/mol. The van der Waals surface area contributed by atoms with Gasteiger partial charge in [0.1, 0.15) is 5.76 Å². The Labute approximate surface area is 66.3 Å². The second-order valence-electron chi connectivity index (χ2n) is 1.97. The van der Waals surface area contributed by atoms with E-state index in [9.17, 15) is 0 Å². The largest absolute Gasteiger partial charge is 0.506 e. The van der Waals surface area contributed by atoms with Crippen LogP contribution in [-0.2, 0) is 0 Å². The predicted octanol–water partition coefficient (Wildman–Crippen LogP) is 3.15. The number of hydrogen-bond acceptors (Lipinski definition) is 1. The Hall–Kier alpha value is -0.690. The van der Waals surface area contributed by atoms with E-state index in [1.807, 2.05) is 19.9 Å². The summed E-state index contributed by atoms with van der Waals surface area (Å²) in [6, 6.07) is 0. The first-order chi connectivity index (χ1) is 4.57. The molecular formula is C8H11ClO. The molecule has 0 saturated heterocycles. The third-order valence-electron chi connectivity index (χ3n) is 1.10. The summed E-state index contributed by atoms with van der Waals surface area (Å²) in [7, 11) is 0. The fraction of sp³-hybridized carbons (Fsp3) is 0.250. The van der Waals surface area contributed by atoms with Gasteiger partial charge < -0.3 is 5.11 Å². The minimum atomic E-state index is 0.0252.